The van der Waals surface area contributed by atoms with Crippen molar-refractivity contribution < 1.29 is 18.7 Å². The number of carbonyl (C=O) groups is 1. The number of rotatable bonds is 7. The number of pyridine rings is 1. The van der Waals surface area contributed by atoms with Crippen molar-refractivity contribution in [2.45, 2.75) is 6.61 Å². The van der Waals surface area contributed by atoms with Crippen molar-refractivity contribution in [1.29, 1.82) is 0 Å². The average molecular weight is 363 g/mol. The molecule has 1 heterocycles. The molecule has 0 unspecified atom stereocenters. The van der Waals surface area contributed by atoms with Gasteiger partial charge in [-0.1, -0.05) is 24.3 Å². The van der Waals surface area contributed by atoms with Gasteiger partial charge in [0.05, 0.1) is 7.11 Å². The number of ether oxygens (including phenoxy) is 2. The maximum Gasteiger partial charge on any atom is 0.187 e. The van der Waals surface area contributed by atoms with Gasteiger partial charge < -0.3 is 9.47 Å². The van der Waals surface area contributed by atoms with Crippen LogP contribution >= 0.6 is 0 Å². The maximum absolute atomic E-state index is 13.0. The highest BCUT2D eigenvalue weighted by Gasteiger charge is 2.06. The van der Waals surface area contributed by atoms with Crippen molar-refractivity contribution in [3.05, 3.63) is 95.6 Å². The van der Waals surface area contributed by atoms with Gasteiger partial charge in [-0.25, -0.2) is 4.39 Å². The average Bonchev–Trinajstić information content (AvgIpc) is 2.72. The fourth-order valence-electron chi connectivity index (χ4n) is 2.43. The van der Waals surface area contributed by atoms with E-state index in [1.165, 1.54) is 24.4 Å². The highest BCUT2D eigenvalue weighted by molar-refractivity contribution is 6.06. The molecule has 4 nitrogen and oxygen atoms in total. The summed E-state index contributed by atoms with van der Waals surface area (Å²) in [4.78, 5) is 16.1. The summed E-state index contributed by atoms with van der Waals surface area (Å²) in [6.07, 6.45) is 6.35. The molecule has 136 valence electrons. The van der Waals surface area contributed by atoms with Crippen LogP contribution in [0.25, 0.3) is 6.08 Å². The summed E-state index contributed by atoms with van der Waals surface area (Å²) in [6, 6.07) is 14.9. The Balaban J connectivity index is 1.69. The molecule has 0 radical (unpaired) electrons. The first-order valence-corrected chi connectivity index (χ1v) is 8.33. The Hall–Kier alpha value is -3.47. The SMILES string of the molecule is COc1cc(/C=C/C(=O)c2cccnc2)ccc1OCc1ccc(F)cc1. The van der Waals surface area contributed by atoms with Gasteiger partial charge in [0.1, 0.15) is 12.4 Å². The van der Waals surface area contributed by atoms with Gasteiger partial charge in [-0.15, -0.1) is 0 Å². The van der Waals surface area contributed by atoms with E-state index in [1.54, 1.807) is 55.8 Å². The summed E-state index contributed by atoms with van der Waals surface area (Å²) in [7, 11) is 1.55. The quantitative estimate of drug-likeness (QED) is 0.451. The van der Waals surface area contributed by atoms with Crippen molar-refractivity contribution in [2.75, 3.05) is 7.11 Å². The topological polar surface area (TPSA) is 48.4 Å². The number of carbonyl (C=O) groups excluding carboxylic acids is 1. The number of aromatic nitrogens is 1. The lowest BCUT2D eigenvalue weighted by atomic mass is 10.1. The van der Waals surface area contributed by atoms with E-state index in [-0.39, 0.29) is 11.6 Å². The molecule has 0 aliphatic rings. The molecule has 0 saturated carbocycles. The lowest BCUT2D eigenvalue weighted by molar-refractivity contribution is 0.104. The zero-order valence-electron chi connectivity index (χ0n) is 14.8. The Labute approximate surface area is 156 Å². The van der Waals surface area contributed by atoms with E-state index in [0.717, 1.165) is 11.1 Å². The van der Waals surface area contributed by atoms with Crippen molar-refractivity contribution in [2.24, 2.45) is 0 Å². The van der Waals surface area contributed by atoms with E-state index >= 15 is 0 Å². The van der Waals surface area contributed by atoms with Crippen LogP contribution in [0.3, 0.4) is 0 Å². The molecule has 3 rings (SSSR count). The molecule has 0 bridgehead atoms. The van der Waals surface area contributed by atoms with E-state index in [0.29, 0.717) is 23.7 Å². The minimum Gasteiger partial charge on any atom is -0.493 e. The largest absolute Gasteiger partial charge is 0.493 e. The lowest BCUT2D eigenvalue weighted by Gasteiger charge is -2.11. The third kappa shape index (κ3) is 5.01. The standard InChI is InChI=1S/C22H18FNO3/c1-26-22-13-16(6-10-20(25)18-3-2-12-24-14-18)7-11-21(22)27-15-17-4-8-19(23)9-5-17/h2-14H,15H2,1H3/b10-6+. The zero-order chi connectivity index (χ0) is 19.1. The van der Waals surface area contributed by atoms with Crippen LogP contribution in [0, 0.1) is 5.82 Å². The third-order valence-electron chi connectivity index (χ3n) is 3.87. The van der Waals surface area contributed by atoms with Gasteiger partial charge in [-0.3, -0.25) is 9.78 Å². The monoisotopic (exact) mass is 363 g/mol. The first-order chi connectivity index (χ1) is 13.2. The number of allylic oxidation sites excluding steroid dienone is 1. The number of nitrogens with zero attached hydrogens (tertiary/aromatic N) is 1. The Morgan fingerprint density at radius 2 is 1.93 bits per heavy atom. The van der Waals surface area contributed by atoms with Gasteiger partial charge in [0.25, 0.3) is 0 Å². The molecule has 0 spiro atoms. The second kappa shape index (κ2) is 8.76. The van der Waals surface area contributed by atoms with Gasteiger partial charge in [-0.05, 0) is 53.6 Å². The minimum atomic E-state index is -0.284. The van der Waals surface area contributed by atoms with E-state index in [1.807, 2.05) is 6.07 Å². The fourth-order valence-corrected chi connectivity index (χ4v) is 2.43. The Morgan fingerprint density at radius 3 is 2.63 bits per heavy atom. The Bertz CT molecular complexity index is 938. The number of hydrogen-bond donors (Lipinski definition) is 0. The van der Waals surface area contributed by atoms with Crippen molar-refractivity contribution in [3.63, 3.8) is 0 Å². The predicted octanol–water partition coefficient (Wildman–Crippen LogP) is 4.70. The van der Waals surface area contributed by atoms with Crippen LogP contribution in [0.15, 0.2) is 73.1 Å². The molecular formula is C22H18FNO3. The summed E-state index contributed by atoms with van der Waals surface area (Å²) in [5, 5.41) is 0. The van der Waals surface area contributed by atoms with Crippen LogP contribution in [0.4, 0.5) is 4.39 Å². The smallest absolute Gasteiger partial charge is 0.187 e. The van der Waals surface area contributed by atoms with Gasteiger partial charge in [0.15, 0.2) is 17.3 Å². The van der Waals surface area contributed by atoms with E-state index < -0.39 is 0 Å². The van der Waals surface area contributed by atoms with Crippen LogP contribution in [-0.4, -0.2) is 17.9 Å². The molecule has 0 saturated heterocycles. The second-order valence-corrected chi connectivity index (χ2v) is 5.76. The molecule has 3 aromatic rings. The van der Waals surface area contributed by atoms with Crippen LogP contribution in [0.1, 0.15) is 21.5 Å². The van der Waals surface area contributed by atoms with Gasteiger partial charge in [0.2, 0.25) is 0 Å². The number of benzene rings is 2. The third-order valence-corrected chi connectivity index (χ3v) is 3.87. The molecule has 0 atom stereocenters. The normalized spacial score (nSPS) is 10.7. The van der Waals surface area contributed by atoms with Crippen molar-refractivity contribution in [3.8, 4) is 11.5 Å². The molecule has 1 aromatic heterocycles. The van der Waals surface area contributed by atoms with Crippen molar-refractivity contribution >= 4 is 11.9 Å². The predicted molar refractivity (Wildman–Crippen MR) is 101 cm³/mol. The molecule has 5 heteroatoms. The number of hydrogen-bond acceptors (Lipinski definition) is 4. The second-order valence-electron chi connectivity index (χ2n) is 5.76. The fraction of sp³-hybridized carbons (Fsp3) is 0.0909. The highest BCUT2D eigenvalue weighted by Crippen LogP contribution is 2.29. The van der Waals surface area contributed by atoms with Gasteiger partial charge >= 0.3 is 0 Å². The lowest BCUT2D eigenvalue weighted by Crippen LogP contribution is -1.98. The summed E-state index contributed by atoms with van der Waals surface area (Å²) in [5.41, 5.74) is 2.18. The number of ketones is 1. The number of methoxy groups -OCH3 is 1. The van der Waals surface area contributed by atoms with E-state index in [9.17, 15) is 9.18 Å². The number of halogens is 1. The van der Waals surface area contributed by atoms with Crippen LogP contribution in [0.2, 0.25) is 0 Å². The minimum absolute atomic E-state index is 0.126. The molecule has 2 aromatic carbocycles. The van der Waals surface area contributed by atoms with Gasteiger partial charge in [0, 0.05) is 18.0 Å². The first kappa shape index (κ1) is 18.3. The highest BCUT2D eigenvalue weighted by atomic mass is 19.1. The molecule has 0 fully saturated rings. The summed E-state index contributed by atoms with van der Waals surface area (Å²) in [5.74, 6) is 0.706. The van der Waals surface area contributed by atoms with E-state index in [4.69, 9.17) is 9.47 Å². The maximum atomic E-state index is 13.0. The van der Waals surface area contributed by atoms with Crippen LogP contribution < -0.4 is 9.47 Å². The summed E-state index contributed by atoms with van der Waals surface area (Å²) >= 11 is 0. The van der Waals surface area contributed by atoms with Crippen molar-refractivity contribution in [1.82, 2.24) is 4.98 Å². The summed E-state index contributed by atoms with van der Waals surface area (Å²) < 4.78 is 24.1. The summed E-state index contributed by atoms with van der Waals surface area (Å²) in [6.45, 7) is 0.297. The molecule has 0 amide bonds. The first-order valence-electron chi connectivity index (χ1n) is 8.33. The van der Waals surface area contributed by atoms with Gasteiger partial charge in [-0.2, -0.15) is 0 Å². The molecule has 27 heavy (non-hydrogen) atoms. The van der Waals surface area contributed by atoms with Crippen LogP contribution in [0.5, 0.6) is 11.5 Å². The zero-order valence-corrected chi connectivity index (χ0v) is 14.8. The Morgan fingerprint density at radius 1 is 1.11 bits per heavy atom. The van der Waals surface area contributed by atoms with E-state index in [2.05, 4.69) is 4.98 Å². The van der Waals surface area contributed by atoms with Crippen LogP contribution in [-0.2, 0) is 6.61 Å². The molecular weight excluding hydrogens is 345 g/mol. The Kier molecular flexibility index (Phi) is 5.94. The molecule has 0 aliphatic carbocycles. The molecule has 0 N–H and O–H groups in total. The molecule has 0 aliphatic heterocycles.